The van der Waals surface area contributed by atoms with Gasteiger partial charge in [0.1, 0.15) is 11.9 Å². The second-order valence-electron chi connectivity index (χ2n) is 7.02. The minimum atomic E-state index is -2.72. The Morgan fingerprint density at radius 1 is 0.933 bits per heavy atom. The molecule has 30 heavy (non-hydrogen) atoms. The average molecular weight is 415 g/mol. The molecule has 1 aromatic heterocycles. The van der Waals surface area contributed by atoms with Crippen LogP contribution in [0.3, 0.4) is 0 Å². The van der Waals surface area contributed by atoms with Crippen molar-refractivity contribution in [1.82, 2.24) is 9.97 Å². The highest BCUT2D eigenvalue weighted by molar-refractivity contribution is 5.89. The first kappa shape index (κ1) is 20.1. The van der Waals surface area contributed by atoms with Crippen LogP contribution in [-0.4, -0.2) is 43.4 Å². The first-order chi connectivity index (χ1) is 14.6. The first-order valence-electron chi connectivity index (χ1n) is 9.78. The van der Waals surface area contributed by atoms with Crippen molar-refractivity contribution in [2.24, 2.45) is 0 Å². The summed E-state index contributed by atoms with van der Waals surface area (Å²) in [5, 5.41) is 0.771. The van der Waals surface area contributed by atoms with Gasteiger partial charge < -0.3 is 19.1 Å². The Hall–Kier alpha value is -3.16. The minimum Gasteiger partial charge on any atom is -0.493 e. The molecule has 2 aromatic carbocycles. The molecule has 158 valence electrons. The predicted molar refractivity (Wildman–Crippen MR) is 110 cm³/mol. The Kier molecular flexibility index (Phi) is 5.83. The maximum atomic E-state index is 13.3. The molecule has 0 aliphatic carbocycles. The monoisotopic (exact) mass is 415 g/mol. The number of nitrogens with zero attached hydrogens (tertiary/aromatic N) is 3. The summed E-state index contributed by atoms with van der Waals surface area (Å²) in [5.41, 5.74) is 0.523. The molecular formula is C22H23F2N3O3. The van der Waals surface area contributed by atoms with Gasteiger partial charge in [0.15, 0.2) is 17.3 Å². The van der Waals surface area contributed by atoms with Crippen molar-refractivity contribution in [2.75, 3.05) is 32.2 Å². The van der Waals surface area contributed by atoms with E-state index >= 15 is 0 Å². The molecule has 4 rings (SSSR count). The standard InChI is InChI=1S/C22H23F2N3O3/c1-28-17-8-5-9-18(29-2)19(17)30-14-10-12-27(13-11-14)22-15-6-3-4-7-16(15)25-21(26-22)20(23)24/h3-9,14,20H,10-13H2,1-2H3. The zero-order chi connectivity index (χ0) is 21.1. The van der Waals surface area contributed by atoms with E-state index in [0.29, 0.717) is 54.5 Å². The lowest BCUT2D eigenvalue weighted by Crippen LogP contribution is -2.39. The molecule has 2 heterocycles. The summed E-state index contributed by atoms with van der Waals surface area (Å²) in [6.45, 7) is 1.26. The van der Waals surface area contributed by atoms with Gasteiger partial charge >= 0.3 is 0 Å². The first-order valence-corrected chi connectivity index (χ1v) is 9.78. The Labute approximate surface area is 173 Å². The quantitative estimate of drug-likeness (QED) is 0.585. The minimum absolute atomic E-state index is 0.0471. The smallest absolute Gasteiger partial charge is 0.297 e. The van der Waals surface area contributed by atoms with Gasteiger partial charge in [-0.15, -0.1) is 0 Å². The molecule has 8 heteroatoms. The number of para-hydroxylation sites is 2. The molecule has 1 fully saturated rings. The number of fused-ring (bicyclic) bond motifs is 1. The topological polar surface area (TPSA) is 56.7 Å². The molecule has 1 saturated heterocycles. The van der Waals surface area contributed by atoms with Gasteiger partial charge in [-0.2, -0.15) is 0 Å². The molecule has 3 aromatic rings. The second-order valence-corrected chi connectivity index (χ2v) is 7.02. The predicted octanol–water partition coefficient (Wildman–Crippen LogP) is 4.63. The molecule has 0 spiro atoms. The Morgan fingerprint density at radius 3 is 2.23 bits per heavy atom. The Morgan fingerprint density at radius 2 is 1.60 bits per heavy atom. The fraction of sp³-hybridized carbons (Fsp3) is 0.364. The summed E-state index contributed by atoms with van der Waals surface area (Å²) in [6.07, 6.45) is -1.34. The maximum Gasteiger partial charge on any atom is 0.297 e. The lowest BCUT2D eigenvalue weighted by molar-refractivity contribution is 0.140. The summed E-state index contributed by atoms with van der Waals surface area (Å²) in [7, 11) is 3.18. The molecule has 0 N–H and O–H groups in total. The summed E-state index contributed by atoms with van der Waals surface area (Å²) in [4.78, 5) is 10.2. The van der Waals surface area contributed by atoms with Gasteiger partial charge in [0.25, 0.3) is 6.43 Å². The van der Waals surface area contributed by atoms with E-state index in [-0.39, 0.29) is 6.10 Å². The summed E-state index contributed by atoms with van der Waals surface area (Å²) < 4.78 is 43.6. The summed E-state index contributed by atoms with van der Waals surface area (Å²) in [5.74, 6) is 1.90. The molecular weight excluding hydrogens is 392 g/mol. The largest absolute Gasteiger partial charge is 0.493 e. The molecule has 1 aliphatic rings. The van der Waals surface area contributed by atoms with E-state index in [1.165, 1.54) is 0 Å². The third-order valence-electron chi connectivity index (χ3n) is 5.20. The Bertz CT molecular complexity index is 1000. The van der Waals surface area contributed by atoms with Crippen molar-refractivity contribution >= 4 is 16.7 Å². The van der Waals surface area contributed by atoms with Crippen LogP contribution >= 0.6 is 0 Å². The van der Waals surface area contributed by atoms with Gasteiger partial charge in [0.05, 0.1) is 19.7 Å². The summed E-state index contributed by atoms with van der Waals surface area (Å²) in [6, 6.07) is 12.7. The number of aromatic nitrogens is 2. The maximum absolute atomic E-state index is 13.3. The number of hydrogen-bond donors (Lipinski definition) is 0. The fourth-order valence-electron chi connectivity index (χ4n) is 3.70. The molecule has 0 saturated carbocycles. The van der Waals surface area contributed by atoms with Gasteiger partial charge in [-0.1, -0.05) is 18.2 Å². The van der Waals surface area contributed by atoms with E-state index < -0.39 is 12.2 Å². The molecule has 0 amide bonds. The number of hydrogen-bond acceptors (Lipinski definition) is 6. The van der Waals surface area contributed by atoms with Crippen LogP contribution < -0.4 is 19.1 Å². The van der Waals surface area contributed by atoms with Crippen molar-refractivity contribution in [3.8, 4) is 17.2 Å². The van der Waals surface area contributed by atoms with Crippen LogP contribution in [0.5, 0.6) is 17.2 Å². The van der Waals surface area contributed by atoms with Gasteiger partial charge in [-0.3, -0.25) is 0 Å². The van der Waals surface area contributed by atoms with Crippen LogP contribution in [0.15, 0.2) is 42.5 Å². The van der Waals surface area contributed by atoms with E-state index in [9.17, 15) is 8.78 Å². The van der Waals surface area contributed by atoms with E-state index in [2.05, 4.69) is 9.97 Å². The molecule has 0 radical (unpaired) electrons. The molecule has 6 nitrogen and oxygen atoms in total. The van der Waals surface area contributed by atoms with Crippen LogP contribution in [0.2, 0.25) is 0 Å². The van der Waals surface area contributed by atoms with E-state index in [4.69, 9.17) is 14.2 Å². The van der Waals surface area contributed by atoms with Crippen LogP contribution in [0, 0.1) is 0 Å². The normalized spacial score (nSPS) is 14.9. The van der Waals surface area contributed by atoms with Crippen molar-refractivity contribution in [3.63, 3.8) is 0 Å². The zero-order valence-corrected chi connectivity index (χ0v) is 16.8. The molecule has 0 atom stereocenters. The SMILES string of the molecule is COc1cccc(OC)c1OC1CCN(c2nc(C(F)F)nc3ccccc23)CC1. The average Bonchev–Trinajstić information content (AvgIpc) is 2.79. The zero-order valence-electron chi connectivity index (χ0n) is 16.8. The highest BCUT2D eigenvalue weighted by Gasteiger charge is 2.26. The van der Waals surface area contributed by atoms with Crippen LogP contribution in [-0.2, 0) is 0 Å². The number of ether oxygens (including phenoxy) is 3. The van der Waals surface area contributed by atoms with Gasteiger partial charge in [0, 0.05) is 31.3 Å². The molecule has 0 bridgehead atoms. The molecule has 0 unspecified atom stereocenters. The van der Waals surface area contributed by atoms with Gasteiger partial charge in [-0.05, 0) is 24.3 Å². The van der Waals surface area contributed by atoms with Crippen LogP contribution in [0.1, 0.15) is 25.1 Å². The van der Waals surface area contributed by atoms with E-state index in [0.717, 1.165) is 5.39 Å². The van der Waals surface area contributed by atoms with E-state index in [1.54, 1.807) is 26.4 Å². The van der Waals surface area contributed by atoms with Crippen LogP contribution in [0.4, 0.5) is 14.6 Å². The lowest BCUT2D eigenvalue weighted by atomic mass is 10.1. The van der Waals surface area contributed by atoms with Gasteiger partial charge in [-0.25, -0.2) is 18.7 Å². The number of rotatable bonds is 6. The highest BCUT2D eigenvalue weighted by Crippen LogP contribution is 2.39. The Balaban J connectivity index is 1.54. The number of piperidine rings is 1. The number of methoxy groups -OCH3 is 2. The third-order valence-corrected chi connectivity index (χ3v) is 5.20. The van der Waals surface area contributed by atoms with Crippen molar-refractivity contribution in [3.05, 3.63) is 48.3 Å². The van der Waals surface area contributed by atoms with Crippen molar-refractivity contribution < 1.29 is 23.0 Å². The number of benzene rings is 2. The van der Waals surface area contributed by atoms with Gasteiger partial charge in [0.2, 0.25) is 5.75 Å². The third kappa shape index (κ3) is 3.94. The lowest BCUT2D eigenvalue weighted by Gasteiger charge is -2.34. The van der Waals surface area contributed by atoms with Crippen molar-refractivity contribution in [1.29, 1.82) is 0 Å². The van der Waals surface area contributed by atoms with Crippen LogP contribution in [0.25, 0.3) is 10.9 Å². The second kappa shape index (κ2) is 8.69. The molecule has 1 aliphatic heterocycles. The summed E-state index contributed by atoms with van der Waals surface area (Å²) >= 11 is 0. The highest BCUT2D eigenvalue weighted by atomic mass is 19.3. The number of alkyl halides is 2. The van der Waals surface area contributed by atoms with E-state index in [1.807, 2.05) is 35.2 Å². The number of halogens is 2. The number of anilines is 1. The fourth-order valence-corrected chi connectivity index (χ4v) is 3.70. The van der Waals surface area contributed by atoms with Crippen molar-refractivity contribution in [2.45, 2.75) is 25.4 Å².